The molecule has 1 aromatic carbocycles. The van der Waals surface area contributed by atoms with Crippen LogP contribution in [0.3, 0.4) is 0 Å². The molecule has 1 aliphatic carbocycles. The van der Waals surface area contributed by atoms with Crippen LogP contribution in [0.1, 0.15) is 41.7 Å². The topological polar surface area (TPSA) is 110 Å². The minimum Gasteiger partial charge on any atom is -0.480 e. The Morgan fingerprint density at radius 2 is 1.90 bits per heavy atom. The van der Waals surface area contributed by atoms with Crippen LogP contribution in [0.5, 0.6) is 0 Å². The van der Waals surface area contributed by atoms with Crippen LogP contribution in [-0.4, -0.2) is 35.0 Å². The van der Waals surface area contributed by atoms with Crippen LogP contribution in [0.4, 0.5) is 0 Å². The number of thioether (sulfide) groups is 1. The molecular formula is C23H25NO6S. The van der Waals surface area contributed by atoms with Crippen molar-refractivity contribution in [3.8, 4) is 0 Å². The highest BCUT2D eigenvalue weighted by atomic mass is 32.2. The number of aryl methyl sites for hydroxylation is 3. The number of furan rings is 1. The van der Waals surface area contributed by atoms with E-state index in [9.17, 15) is 19.5 Å². The van der Waals surface area contributed by atoms with E-state index < -0.39 is 23.5 Å². The van der Waals surface area contributed by atoms with Crippen LogP contribution in [0, 0.1) is 6.92 Å². The van der Waals surface area contributed by atoms with E-state index in [1.807, 2.05) is 12.3 Å². The molecular weight excluding hydrogens is 418 g/mol. The van der Waals surface area contributed by atoms with E-state index >= 15 is 0 Å². The number of carbonyl (C=O) groups is 2. The fraction of sp³-hybridized carbons (Fsp3) is 0.435. The molecule has 0 fully saturated rings. The molecule has 0 bridgehead atoms. The van der Waals surface area contributed by atoms with E-state index in [1.165, 1.54) is 17.3 Å². The highest BCUT2D eigenvalue weighted by Crippen LogP contribution is 2.35. The molecule has 2 heterocycles. The zero-order valence-electron chi connectivity index (χ0n) is 17.6. The van der Waals surface area contributed by atoms with Gasteiger partial charge in [-0.2, -0.15) is 11.8 Å². The Morgan fingerprint density at radius 3 is 2.65 bits per heavy atom. The van der Waals surface area contributed by atoms with Crippen molar-refractivity contribution < 1.29 is 23.5 Å². The van der Waals surface area contributed by atoms with E-state index in [4.69, 9.17) is 8.83 Å². The zero-order valence-corrected chi connectivity index (χ0v) is 18.4. The number of benzene rings is 1. The van der Waals surface area contributed by atoms with Gasteiger partial charge in [0.15, 0.2) is 0 Å². The van der Waals surface area contributed by atoms with Gasteiger partial charge in [-0.15, -0.1) is 0 Å². The van der Waals surface area contributed by atoms with E-state index in [0.717, 1.165) is 42.2 Å². The van der Waals surface area contributed by atoms with Crippen molar-refractivity contribution in [3.05, 3.63) is 45.0 Å². The number of amides is 1. The summed E-state index contributed by atoms with van der Waals surface area (Å²) >= 11 is 1.51. The number of hydrogen-bond acceptors (Lipinski definition) is 6. The molecule has 4 rings (SSSR count). The van der Waals surface area contributed by atoms with Crippen LogP contribution in [0.25, 0.3) is 21.9 Å². The lowest BCUT2D eigenvalue weighted by Gasteiger charge is -2.14. The van der Waals surface area contributed by atoms with Crippen molar-refractivity contribution in [1.29, 1.82) is 0 Å². The molecule has 7 nitrogen and oxygen atoms in total. The van der Waals surface area contributed by atoms with Gasteiger partial charge in [0.05, 0.1) is 12.0 Å². The second-order valence-electron chi connectivity index (χ2n) is 7.97. The number of hydrogen-bond donors (Lipinski definition) is 2. The van der Waals surface area contributed by atoms with Gasteiger partial charge in [-0.3, -0.25) is 4.79 Å². The Balaban J connectivity index is 1.68. The van der Waals surface area contributed by atoms with E-state index in [1.54, 1.807) is 13.0 Å². The van der Waals surface area contributed by atoms with Gasteiger partial charge in [0.25, 0.3) is 0 Å². The van der Waals surface area contributed by atoms with Crippen LogP contribution in [0.2, 0.25) is 0 Å². The molecule has 3 aromatic rings. The van der Waals surface area contributed by atoms with Crippen molar-refractivity contribution in [1.82, 2.24) is 5.32 Å². The van der Waals surface area contributed by atoms with E-state index in [-0.39, 0.29) is 12.0 Å². The normalized spacial score (nSPS) is 14.5. The fourth-order valence-corrected chi connectivity index (χ4v) is 4.72. The summed E-state index contributed by atoms with van der Waals surface area (Å²) in [4.78, 5) is 36.5. The van der Waals surface area contributed by atoms with Gasteiger partial charge >= 0.3 is 11.6 Å². The van der Waals surface area contributed by atoms with Gasteiger partial charge < -0.3 is 19.3 Å². The first-order valence-corrected chi connectivity index (χ1v) is 11.8. The molecule has 2 aromatic heterocycles. The third-order valence-corrected chi connectivity index (χ3v) is 6.59. The van der Waals surface area contributed by atoms with Crippen molar-refractivity contribution in [3.63, 3.8) is 0 Å². The number of carboxylic acids is 1. The summed E-state index contributed by atoms with van der Waals surface area (Å²) < 4.78 is 11.5. The van der Waals surface area contributed by atoms with Gasteiger partial charge in [0.2, 0.25) is 5.91 Å². The van der Waals surface area contributed by atoms with Crippen LogP contribution in [-0.2, 0) is 28.9 Å². The fourth-order valence-electron chi connectivity index (χ4n) is 4.25. The first-order valence-electron chi connectivity index (χ1n) is 10.4. The maximum absolute atomic E-state index is 12.6. The first-order chi connectivity index (χ1) is 14.9. The van der Waals surface area contributed by atoms with Gasteiger partial charge in [-0.1, -0.05) is 0 Å². The monoisotopic (exact) mass is 443 g/mol. The molecule has 0 saturated heterocycles. The minimum atomic E-state index is -1.09. The Hall–Kier alpha value is -2.74. The van der Waals surface area contributed by atoms with Crippen molar-refractivity contribution >= 4 is 45.6 Å². The summed E-state index contributed by atoms with van der Waals surface area (Å²) in [6.07, 6.45) is 6.06. The predicted molar refractivity (Wildman–Crippen MR) is 120 cm³/mol. The average Bonchev–Trinajstić information content (AvgIpc) is 3.10. The zero-order chi connectivity index (χ0) is 22.1. The number of carboxylic acid groups (broad SMARTS) is 1. The summed E-state index contributed by atoms with van der Waals surface area (Å²) in [7, 11) is 0. The Morgan fingerprint density at radius 1 is 1.16 bits per heavy atom. The standard InChI is InChI=1S/C23H25NO6S/c1-12-14-9-16-13-5-3-4-6-18(13)29-20(16)11-19(14)30-23(28)15(12)10-21(25)24-17(22(26)27)7-8-31-2/h9,11,17H,3-8,10H2,1-2H3,(H,24,25)(H,26,27)/t17-/m1/s1. The molecule has 0 radical (unpaired) electrons. The lowest BCUT2D eigenvalue weighted by molar-refractivity contribution is -0.141. The summed E-state index contributed by atoms with van der Waals surface area (Å²) in [5.41, 5.74) is 2.68. The third-order valence-electron chi connectivity index (χ3n) is 5.94. The number of nitrogens with one attached hydrogen (secondary N) is 1. The highest BCUT2D eigenvalue weighted by Gasteiger charge is 2.23. The first kappa shape index (κ1) is 21.5. The number of aliphatic carboxylic acids is 1. The lowest BCUT2D eigenvalue weighted by atomic mass is 9.94. The van der Waals surface area contributed by atoms with Crippen molar-refractivity contribution in [2.45, 2.75) is 51.5 Å². The Bertz CT molecular complexity index is 1220. The number of fused-ring (bicyclic) bond motifs is 4. The van der Waals surface area contributed by atoms with Gasteiger partial charge in [0, 0.05) is 28.8 Å². The molecule has 31 heavy (non-hydrogen) atoms. The molecule has 1 amide bonds. The smallest absolute Gasteiger partial charge is 0.340 e. The van der Waals surface area contributed by atoms with Crippen molar-refractivity contribution in [2.24, 2.45) is 0 Å². The molecule has 0 saturated carbocycles. The van der Waals surface area contributed by atoms with Gasteiger partial charge in [0.1, 0.15) is 23.0 Å². The quantitative estimate of drug-likeness (QED) is 0.537. The molecule has 1 aliphatic rings. The lowest BCUT2D eigenvalue weighted by Crippen LogP contribution is -2.42. The molecule has 0 unspecified atom stereocenters. The molecule has 8 heteroatoms. The summed E-state index contributed by atoms with van der Waals surface area (Å²) in [6, 6.07) is 2.76. The molecule has 164 valence electrons. The Kier molecular flexibility index (Phi) is 6.09. The molecule has 0 aliphatic heterocycles. The van der Waals surface area contributed by atoms with Crippen LogP contribution >= 0.6 is 11.8 Å². The van der Waals surface area contributed by atoms with Gasteiger partial charge in [-0.25, -0.2) is 9.59 Å². The largest absolute Gasteiger partial charge is 0.480 e. The highest BCUT2D eigenvalue weighted by molar-refractivity contribution is 7.98. The molecule has 1 atom stereocenters. The maximum atomic E-state index is 12.6. The summed E-state index contributed by atoms with van der Waals surface area (Å²) in [5, 5.41) is 13.6. The third kappa shape index (κ3) is 4.21. The minimum absolute atomic E-state index is 0.227. The average molecular weight is 444 g/mol. The number of carbonyl (C=O) groups excluding carboxylic acids is 1. The Labute approximate surface area is 183 Å². The summed E-state index contributed by atoms with van der Waals surface area (Å²) in [6.45, 7) is 1.79. The van der Waals surface area contributed by atoms with E-state index in [0.29, 0.717) is 28.9 Å². The van der Waals surface area contributed by atoms with Gasteiger partial charge in [-0.05, 0) is 56.2 Å². The second-order valence-corrected chi connectivity index (χ2v) is 8.95. The van der Waals surface area contributed by atoms with E-state index in [2.05, 4.69) is 5.32 Å². The molecule has 2 N–H and O–H groups in total. The van der Waals surface area contributed by atoms with Crippen LogP contribution < -0.4 is 10.9 Å². The van der Waals surface area contributed by atoms with Crippen molar-refractivity contribution in [2.75, 3.05) is 12.0 Å². The number of rotatable bonds is 7. The predicted octanol–water partition coefficient (Wildman–Crippen LogP) is 3.59. The summed E-state index contributed by atoms with van der Waals surface area (Å²) in [5.74, 6) is 0.0160. The molecule has 0 spiro atoms. The maximum Gasteiger partial charge on any atom is 0.340 e. The second kappa shape index (κ2) is 8.78. The van der Waals surface area contributed by atoms with Crippen LogP contribution in [0.15, 0.2) is 25.8 Å². The SMILES string of the molecule is CSCC[C@@H](NC(=O)Cc1c(C)c2cc3c4c(oc3cc2oc1=O)CCCC4)C(=O)O.